The summed E-state index contributed by atoms with van der Waals surface area (Å²) in [5.41, 5.74) is 0.402. The van der Waals surface area contributed by atoms with Crippen molar-refractivity contribution in [2.45, 2.75) is 45.7 Å². The smallest absolute Gasteiger partial charge is 0.322 e. The number of rotatable bonds is 4. The number of carbonyl (C=O) groups is 2. The standard InChI is InChI=1S/C23H17F4N5O2.C2H6/c1-13-12-31-19(18(11-29-31)21(33)30-16-4-2-3-14(9-16)10-28)22(34)32(13)17-7-5-15(6-8-17)20(24)23(25,26)27;1-2/h2-9,11,13,20H,12H2,1H3,(H,30,33);1-2H3/t13-,20?;/m0./s1. The number of amides is 2. The summed E-state index contributed by atoms with van der Waals surface area (Å²) in [4.78, 5) is 27.5. The van der Waals surface area contributed by atoms with Gasteiger partial charge in [-0.2, -0.15) is 23.5 Å². The molecule has 0 saturated heterocycles. The summed E-state index contributed by atoms with van der Waals surface area (Å²) >= 11 is 0. The van der Waals surface area contributed by atoms with Crippen LogP contribution in [0.15, 0.2) is 54.7 Å². The van der Waals surface area contributed by atoms with Crippen molar-refractivity contribution in [3.8, 4) is 6.07 Å². The molecule has 0 bridgehead atoms. The maximum atomic E-state index is 13.6. The summed E-state index contributed by atoms with van der Waals surface area (Å²) in [6, 6.07) is 12.2. The molecule has 0 spiro atoms. The van der Waals surface area contributed by atoms with Crippen LogP contribution in [-0.2, 0) is 6.54 Å². The molecule has 2 aromatic carbocycles. The van der Waals surface area contributed by atoms with Crippen LogP contribution in [0.2, 0.25) is 0 Å². The SMILES string of the molecule is CC.C[C@H]1Cn2ncc(C(=O)Nc3cccc(C#N)c3)c2C(=O)N1c1ccc(C(F)C(F)(F)F)cc1. The first kappa shape index (κ1) is 26.4. The summed E-state index contributed by atoms with van der Waals surface area (Å²) in [6.07, 6.45) is -6.91. The highest BCUT2D eigenvalue weighted by Gasteiger charge is 2.41. The Morgan fingerprint density at radius 3 is 2.47 bits per heavy atom. The van der Waals surface area contributed by atoms with Crippen LogP contribution in [0.25, 0.3) is 0 Å². The van der Waals surface area contributed by atoms with Crippen LogP contribution in [-0.4, -0.2) is 33.8 Å². The average Bonchev–Trinajstić information content (AvgIpc) is 3.29. The van der Waals surface area contributed by atoms with Gasteiger partial charge in [0.25, 0.3) is 11.8 Å². The van der Waals surface area contributed by atoms with E-state index in [2.05, 4.69) is 10.4 Å². The summed E-state index contributed by atoms with van der Waals surface area (Å²) in [6.45, 7) is 5.95. The van der Waals surface area contributed by atoms with E-state index in [0.29, 0.717) is 11.3 Å². The van der Waals surface area contributed by atoms with E-state index in [9.17, 15) is 27.2 Å². The van der Waals surface area contributed by atoms with Crippen molar-refractivity contribution in [1.82, 2.24) is 9.78 Å². The molecule has 7 nitrogen and oxygen atoms in total. The molecule has 4 rings (SSSR count). The zero-order valence-corrected chi connectivity index (χ0v) is 19.7. The molecule has 0 saturated carbocycles. The summed E-state index contributed by atoms with van der Waals surface area (Å²) in [7, 11) is 0. The highest BCUT2D eigenvalue weighted by Crippen LogP contribution is 2.37. The molecule has 3 aromatic rings. The summed E-state index contributed by atoms with van der Waals surface area (Å²) < 4.78 is 53.0. The van der Waals surface area contributed by atoms with E-state index in [1.54, 1.807) is 25.1 Å². The Balaban J connectivity index is 0.00000176. The number of carbonyl (C=O) groups excluding carboxylic acids is 2. The van der Waals surface area contributed by atoms with Gasteiger partial charge in [-0.05, 0) is 42.8 Å². The van der Waals surface area contributed by atoms with E-state index in [4.69, 9.17) is 5.26 Å². The average molecular weight is 501 g/mol. The van der Waals surface area contributed by atoms with E-state index in [1.807, 2.05) is 19.9 Å². The Labute approximate surface area is 204 Å². The molecule has 0 radical (unpaired) electrons. The predicted octanol–water partition coefficient (Wildman–Crippen LogP) is 5.66. The zero-order chi connectivity index (χ0) is 26.6. The first-order valence-electron chi connectivity index (χ1n) is 11.1. The lowest BCUT2D eigenvalue weighted by atomic mass is 10.1. The fourth-order valence-corrected chi connectivity index (χ4v) is 3.79. The van der Waals surface area contributed by atoms with E-state index >= 15 is 0 Å². The van der Waals surface area contributed by atoms with Crippen molar-refractivity contribution in [2.75, 3.05) is 10.2 Å². The molecule has 0 aliphatic carbocycles. The second-order valence-electron chi connectivity index (χ2n) is 7.76. The third-order valence-electron chi connectivity index (χ3n) is 5.38. The highest BCUT2D eigenvalue weighted by molar-refractivity contribution is 6.15. The molecule has 11 heteroatoms. The maximum absolute atomic E-state index is 13.6. The van der Waals surface area contributed by atoms with E-state index in [1.165, 1.54) is 34.0 Å². The van der Waals surface area contributed by atoms with Crippen LogP contribution in [0.1, 0.15) is 58.9 Å². The molecular formula is C25H23F4N5O2. The molecule has 0 fully saturated rings. The molecule has 1 aromatic heterocycles. The minimum absolute atomic E-state index is 0.00164. The number of nitrogens with zero attached hydrogens (tertiary/aromatic N) is 4. The topological polar surface area (TPSA) is 91.0 Å². The van der Waals surface area contributed by atoms with Crippen molar-refractivity contribution in [2.24, 2.45) is 0 Å². The van der Waals surface area contributed by atoms with Crippen molar-refractivity contribution < 1.29 is 27.2 Å². The van der Waals surface area contributed by atoms with Crippen LogP contribution in [0.4, 0.5) is 28.9 Å². The Morgan fingerprint density at radius 2 is 1.86 bits per heavy atom. The quantitative estimate of drug-likeness (QED) is 0.468. The summed E-state index contributed by atoms with van der Waals surface area (Å²) in [5.74, 6) is -1.19. The molecule has 1 unspecified atom stereocenters. The fraction of sp³-hybridized carbons (Fsp3) is 0.280. The molecule has 36 heavy (non-hydrogen) atoms. The molecule has 2 heterocycles. The van der Waals surface area contributed by atoms with Gasteiger partial charge in [-0.15, -0.1) is 0 Å². The molecule has 188 valence electrons. The number of fused-ring (bicyclic) bond motifs is 1. The zero-order valence-electron chi connectivity index (χ0n) is 19.7. The van der Waals surface area contributed by atoms with Crippen LogP contribution >= 0.6 is 0 Å². The van der Waals surface area contributed by atoms with Gasteiger partial charge in [0.05, 0.1) is 36.0 Å². The lowest BCUT2D eigenvalue weighted by Crippen LogP contribution is -2.47. The molecular weight excluding hydrogens is 478 g/mol. The number of hydrogen-bond acceptors (Lipinski definition) is 4. The van der Waals surface area contributed by atoms with E-state index in [0.717, 1.165) is 12.1 Å². The molecule has 2 amide bonds. The van der Waals surface area contributed by atoms with Crippen molar-refractivity contribution in [3.63, 3.8) is 0 Å². The molecule has 1 aliphatic heterocycles. The first-order chi connectivity index (χ1) is 17.1. The second kappa shape index (κ2) is 10.6. The van der Waals surface area contributed by atoms with Gasteiger partial charge in [-0.25, -0.2) is 4.39 Å². The van der Waals surface area contributed by atoms with E-state index < -0.39 is 35.8 Å². The van der Waals surface area contributed by atoms with Crippen LogP contribution in [0, 0.1) is 11.3 Å². The molecule has 1 aliphatic rings. The Kier molecular flexibility index (Phi) is 7.77. The lowest BCUT2D eigenvalue weighted by Gasteiger charge is -2.34. The Bertz CT molecular complexity index is 1300. The minimum atomic E-state index is -5.03. The number of nitrogens with one attached hydrogen (secondary N) is 1. The summed E-state index contributed by atoms with van der Waals surface area (Å²) in [5, 5.41) is 15.8. The minimum Gasteiger partial charge on any atom is -0.322 e. The van der Waals surface area contributed by atoms with Gasteiger partial charge in [-0.3, -0.25) is 14.3 Å². The predicted molar refractivity (Wildman–Crippen MR) is 125 cm³/mol. The third kappa shape index (κ3) is 5.22. The van der Waals surface area contributed by atoms with Crippen LogP contribution in [0.3, 0.4) is 0 Å². The van der Waals surface area contributed by atoms with Crippen molar-refractivity contribution in [1.29, 1.82) is 5.26 Å². The monoisotopic (exact) mass is 501 g/mol. The van der Waals surface area contributed by atoms with Gasteiger partial charge in [-0.1, -0.05) is 32.0 Å². The number of benzene rings is 2. The van der Waals surface area contributed by atoms with E-state index in [-0.39, 0.29) is 23.5 Å². The number of nitriles is 1. The van der Waals surface area contributed by atoms with Gasteiger partial charge in [0.2, 0.25) is 6.17 Å². The molecule has 2 atom stereocenters. The highest BCUT2D eigenvalue weighted by atomic mass is 19.4. The number of aromatic nitrogens is 2. The van der Waals surface area contributed by atoms with Crippen molar-refractivity contribution >= 4 is 23.2 Å². The largest absolute Gasteiger partial charge is 0.423 e. The molecule has 1 N–H and O–H groups in total. The number of halogens is 4. The van der Waals surface area contributed by atoms with Gasteiger partial charge < -0.3 is 10.2 Å². The fourth-order valence-electron chi connectivity index (χ4n) is 3.79. The Hall–Kier alpha value is -4.20. The van der Waals surface area contributed by atoms with Gasteiger partial charge in [0, 0.05) is 11.4 Å². The number of hydrogen-bond donors (Lipinski definition) is 1. The van der Waals surface area contributed by atoms with Crippen LogP contribution < -0.4 is 10.2 Å². The first-order valence-corrected chi connectivity index (χ1v) is 11.1. The second-order valence-corrected chi connectivity index (χ2v) is 7.76. The van der Waals surface area contributed by atoms with Gasteiger partial charge in [0.1, 0.15) is 5.69 Å². The normalized spacial score (nSPS) is 15.8. The number of anilines is 2. The number of alkyl halides is 4. The maximum Gasteiger partial charge on any atom is 0.423 e. The van der Waals surface area contributed by atoms with Gasteiger partial charge in [0.15, 0.2) is 0 Å². The lowest BCUT2D eigenvalue weighted by molar-refractivity contribution is -0.182. The van der Waals surface area contributed by atoms with Gasteiger partial charge >= 0.3 is 6.18 Å². The van der Waals surface area contributed by atoms with Crippen LogP contribution in [0.5, 0.6) is 0 Å². The Morgan fingerprint density at radius 1 is 1.19 bits per heavy atom. The van der Waals surface area contributed by atoms with Crippen molar-refractivity contribution in [3.05, 3.63) is 77.1 Å². The third-order valence-corrected chi connectivity index (χ3v) is 5.38.